The highest BCUT2D eigenvalue weighted by molar-refractivity contribution is 5.89. The fraction of sp³-hybridized carbons (Fsp3) is 0.833. The van der Waals surface area contributed by atoms with Crippen LogP contribution >= 0.6 is 0 Å². The lowest BCUT2D eigenvalue weighted by atomic mass is 9.77. The largest absolute Gasteiger partial charge is 0.340 e. The first kappa shape index (κ1) is 11.2. The second-order valence-electron chi connectivity index (χ2n) is 6.04. The summed E-state index contributed by atoms with van der Waals surface area (Å²) in [6.07, 6.45) is 3.69. The minimum absolute atomic E-state index is 0.0752. The van der Waals surface area contributed by atoms with Crippen molar-refractivity contribution < 1.29 is 19.1 Å². The van der Waals surface area contributed by atoms with Crippen LogP contribution in [0.15, 0.2) is 0 Å². The summed E-state index contributed by atoms with van der Waals surface area (Å²) < 4.78 is 11.0. The molecule has 0 radical (unpaired) electrons. The Balaban J connectivity index is 1.81. The molecule has 0 aromatic carbocycles. The summed E-state index contributed by atoms with van der Waals surface area (Å²) in [5.74, 6) is 0. The Hall–Kier alpha value is -1.54. The van der Waals surface area contributed by atoms with Crippen LogP contribution in [-0.4, -0.2) is 69.9 Å². The van der Waals surface area contributed by atoms with Crippen molar-refractivity contribution in [3.05, 3.63) is 0 Å². The zero-order valence-corrected chi connectivity index (χ0v) is 11.1. The molecular weight excluding hydrogens is 264 g/mol. The van der Waals surface area contributed by atoms with Gasteiger partial charge in [-0.2, -0.15) is 0 Å². The van der Waals surface area contributed by atoms with Gasteiger partial charge in [-0.25, -0.2) is 9.59 Å². The lowest BCUT2D eigenvalue weighted by Gasteiger charge is -2.54. The van der Waals surface area contributed by atoms with Crippen LogP contribution in [-0.2, 0) is 9.47 Å². The summed E-state index contributed by atoms with van der Waals surface area (Å²) in [5.41, 5.74) is -1.11. The Morgan fingerprint density at radius 2 is 1.05 bits per heavy atom. The van der Waals surface area contributed by atoms with Crippen molar-refractivity contribution in [2.45, 2.75) is 37.0 Å². The summed E-state index contributed by atoms with van der Waals surface area (Å²) >= 11 is 0. The molecule has 0 aromatic rings. The topological polar surface area (TPSA) is 65.6 Å². The van der Waals surface area contributed by atoms with Gasteiger partial charge in [0.05, 0.1) is 0 Å². The Kier molecular flexibility index (Phi) is 1.78. The molecule has 0 N–H and O–H groups in total. The van der Waals surface area contributed by atoms with E-state index >= 15 is 0 Å². The minimum Gasteiger partial charge on any atom is -0.340 e. The second-order valence-corrected chi connectivity index (χ2v) is 6.04. The summed E-state index contributed by atoms with van der Waals surface area (Å²) in [6, 6.07) is -0.150. The fourth-order valence-electron chi connectivity index (χ4n) is 4.86. The third kappa shape index (κ3) is 0.839. The predicted molar refractivity (Wildman–Crippen MR) is 63.7 cm³/mol. The molecule has 5 rings (SSSR count). The van der Waals surface area contributed by atoms with E-state index in [1.54, 1.807) is 19.6 Å². The van der Waals surface area contributed by atoms with Gasteiger partial charge >= 0.3 is 12.1 Å². The zero-order chi connectivity index (χ0) is 13.5. The fourth-order valence-corrected chi connectivity index (χ4v) is 4.86. The van der Waals surface area contributed by atoms with Gasteiger partial charge in [0.2, 0.25) is 0 Å². The number of hydrogen-bond acceptors (Lipinski definition) is 4. The van der Waals surface area contributed by atoms with Gasteiger partial charge in [-0.15, -0.1) is 0 Å². The van der Waals surface area contributed by atoms with Crippen LogP contribution in [0.4, 0.5) is 9.59 Å². The van der Waals surface area contributed by atoms with Gasteiger partial charge in [0, 0.05) is 0 Å². The number of carbonyl (C=O) groups is 2. The van der Waals surface area contributed by atoms with Crippen molar-refractivity contribution in [1.29, 1.82) is 0 Å². The molecule has 5 aliphatic rings. The quantitative estimate of drug-likeness (QED) is 0.641. The molecule has 8 heteroatoms. The standard InChI is InChI=1S/C12H16N4O4/c17-9-13-5-19-6-14-10(18)16-8-20-7-15(9)12(16)4-2-1-3-11(12,13)14/h1-8H2. The summed E-state index contributed by atoms with van der Waals surface area (Å²) in [7, 11) is 0. The molecule has 1 saturated carbocycles. The first-order valence-electron chi connectivity index (χ1n) is 7.07. The zero-order valence-electron chi connectivity index (χ0n) is 11.1. The predicted octanol–water partition coefficient (Wildman–Crippen LogP) is 0.319. The van der Waals surface area contributed by atoms with Crippen molar-refractivity contribution in [2.75, 3.05) is 26.9 Å². The lowest BCUT2D eigenvalue weighted by Crippen LogP contribution is -2.72. The highest BCUT2D eigenvalue weighted by atomic mass is 16.5. The van der Waals surface area contributed by atoms with Crippen molar-refractivity contribution in [1.82, 2.24) is 19.6 Å². The minimum atomic E-state index is -0.554. The van der Waals surface area contributed by atoms with Crippen molar-refractivity contribution in [3.63, 3.8) is 0 Å². The monoisotopic (exact) mass is 280 g/mol. The van der Waals surface area contributed by atoms with E-state index in [2.05, 4.69) is 0 Å². The van der Waals surface area contributed by atoms with E-state index in [0.717, 1.165) is 25.7 Å². The molecule has 4 aliphatic heterocycles. The molecule has 0 atom stereocenters. The molecule has 0 unspecified atom stereocenters. The van der Waals surface area contributed by atoms with Gasteiger partial charge in [-0.3, -0.25) is 19.6 Å². The van der Waals surface area contributed by atoms with Crippen LogP contribution in [0.1, 0.15) is 25.7 Å². The number of rotatable bonds is 0. The number of hydrogen-bond donors (Lipinski definition) is 0. The van der Waals surface area contributed by atoms with Crippen molar-refractivity contribution in [3.8, 4) is 0 Å². The second kappa shape index (κ2) is 3.20. The molecule has 0 aromatic heterocycles. The Morgan fingerprint density at radius 1 is 0.700 bits per heavy atom. The molecular formula is C12H16N4O4. The van der Waals surface area contributed by atoms with Crippen LogP contribution in [0.5, 0.6) is 0 Å². The molecule has 108 valence electrons. The van der Waals surface area contributed by atoms with E-state index in [1.807, 2.05) is 0 Å². The third-order valence-electron chi connectivity index (χ3n) is 5.53. The number of amides is 4. The van der Waals surface area contributed by atoms with Gasteiger partial charge in [0.15, 0.2) is 11.3 Å². The van der Waals surface area contributed by atoms with E-state index in [4.69, 9.17) is 9.47 Å². The SMILES string of the molecule is O=C1N2COCN3C(=O)N4COCN1C41CCCCC231. The first-order chi connectivity index (χ1) is 9.73. The maximum atomic E-state index is 12.7. The molecule has 5 fully saturated rings. The Labute approximate surface area is 115 Å². The highest BCUT2D eigenvalue weighted by Crippen LogP contribution is 2.60. The molecule has 2 spiro atoms. The van der Waals surface area contributed by atoms with Crippen LogP contribution in [0, 0.1) is 0 Å². The van der Waals surface area contributed by atoms with E-state index in [-0.39, 0.29) is 39.0 Å². The molecule has 4 heterocycles. The third-order valence-corrected chi connectivity index (χ3v) is 5.53. The normalized spacial score (nSPS) is 42.2. The van der Waals surface area contributed by atoms with Gasteiger partial charge in [0.1, 0.15) is 26.9 Å². The molecule has 0 bridgehead atoms. The van der Waals surface area contributed by atoms with Gasteiger partial charge in [0.25, 0.3) is 0 Å². The number of carbonyl (C=O) groups excluding carboxylic acids is 2. The smallest absolute Gasteiger partial charge is 0.327 e. The van der Waals surface area contributed by atoms with Crippen molar-refractivity contribution >= 4 is 12.1 Å². The van der Waals surface area contributed by atoms with Crippen LogP contribution in [0.3, 0.4) is 0 Å². The molecule has 20 heavy (non-hydrogen) atoms. The average molecular weight is 280 g/mol. The maximum absolute atomic E-state index is 12.7. The van der Waals surface area contributed by atoms with Crippen LogP contribution in [0.2, 0.25) is 0 Å². The molecule has 4 amide bonds. The highest BCUT2D eigenvalue weighted by Gasteiger charge is 2.80. The number of urea groups is 2. The number of nitrogens with zero attached hydrogens (tertiary/aromatic N) is 4. The Bertz CT molecular complexity index is 450. The van der Waals surface area contributed by atoms with Gasteiger partial charge < -0.3 is 9.47 Å². The van der Waals surface area contributed by atoms with E-state index in [0.29, 0.717) is 0 Å². The molecule has 4 saturated heterocycles. The van der Waals surface area contributed by atoms with E-state index in [1.165, 1.54) is 0 Å². The van der Waals surface area contributed by atoms with Crippen LogP contribution < -0.4 is 0 Å². The lowest BCUT2D eigenvalue weighted by molar-refractivity contribution is -0.213. The summed E-state index contributed by atoms with van der Waals surface area (Å²) in [4.78, 5) is 32.4. The summed E-state index contributed by atoms with van der Waals surface area (Å²) in [5, 5.41) is 0. The maximum Gasteiger partial charge on any atom is 0.327 e. The first-order valence-corrected chi connectivity index (χ1v) is 7.07. The van der Waals surface area contributed by atoms with Gasteiger partial charge in [-0.05, 0) is 25.7 Å². The van der Waals surface area contributed by atoms with Crippen molar-refractivity contribution in [2.24, 2.45) is 0 Å². The molecule has 8 nitrogen and oxygen atoms in total. The average Bonchev–Trinajstić information content (AvgIpc) is 2.86. The van der Waals surface area contributed by atoms with E-state index < -0.39 is 11.3 Å². The number of ether oxygens (including phenoxy) is 2. The van der Waals surface area contributed by atoms with E-state index in [9.17, 15) is 9.59 Å². The van der Waals surface area contributed by atoms with Gasteiger partial charge in [-0.1, -0.05) is 0 Å². The summed E-state index contributed by atoms with van der Waals surface area (Å²) in [6.45, 7) is 1.03. The van der Waals surface area contributed by atoms with Crippen LogP contribution in [0.25, 0.3) is 0 Å². The Morgan fingerprint density at radius 3 is 1.40 bits per heavy atom. The molecule has 1 aliphatic carbocycles.